The Morgan fingerprint density at radius 1 is 0.692 bits per heavy atom. The van der Waals surface area contributed by atoms with Gasteiger partial charge in [0.25, 0.3) is 0 Å². The summed E-state index contributed by atoms with van der Waals surface area (Å²) in [5.74, 6) is -7.36. The lowest BCUT2D eigenvalue weighted by Crippen LogP contribution is -2.31. The van der Waals surface area contributed by atoms with Gasteiger partial charge >= 0.3 is 0 Å². The third kappa shape index (κ3) is 2.83. The van der Waals surface area contributed by atoms with E-state index in [4.69, 9.17) is 11.8 Å². The first-order valence-electron chi connectivity index (χ1n) is 7.54. The molecule has 1 nitrogen and oxygen atoms in total. The maximum atomic E-state index is 14.9. The number of hydrogen-bond acceptors (Lipinski definition) is 2. The highest BCUT2D eigenvalue weighted by molar-refractivity contribution is 8.25. The molecular formula is C19H13F4OPS. The molecule has 0 saturated carbocycles. The molecule has 0 heterocycles. The van der Waals surface area contributed by atoms with Crippen LogP contribution in [0, 0.1) is 23.3 Å². The smallest absolute Gasteiger partial charge is 0.204 e. The summed E-state index contributed by atoms with van der Waals surface area (Å²) in [6.45, 7) is 0. The maximum Gasteiger partial charge on any atom is 0.204 e. The fraction of sp³-hybridized carbons (Fsp3) is 0.0526. The molecule has 0 aromatic heterocycles. The summed E-state index contributed by atoms with van der Waals surface area (Å²) < 4.78 is 62.8. The Morgan fingerprint density at radius 3 is 1.42 bits per heavy atom. The molecule has 0 N–H and O–H groups in total. The zero-order valence-corrected chi connectivity index (χ0v) is 15.3. The number of methoxy groups -OCH3 is 1. The van der Waals surface area contributed by atoms with E-state index in [2.05, 4.69) is 4.74 Å². The second-order valence-electron chi connectivity index (χ2n) is 5.42. The average Bonchev–Trinajstić information content (AvgIpc) is 2.68. The minimum atomic E-state index is -3.39. The fourth-order valence-electron chi connectivity index (χ4n) is 2.74. The van der Waals surface area contributed by atoms with Gasteiger partial charge in [0.1, 0.15) is 0 Å². The predicted molar refractivity (Wildman–Crippen MR) is 98.9 cm³/mol. The molecule has 0 aliphatic heterocycles. The lowest BCUT2D eigenvalue weighted by molar-refractivity contribution is 0.335. The van der Waals surface area contributed by atoms with Gasteiger partial charge in [-0.05, 0) is 10.6 Å². The molecule has 7 heteroatoms. The third-order valence-corrected chi connectivity index (χ3v) is 8.84. The monoisotopic (exact) mass is 396 g/mol. The number of benzene rings is 3. The second-order valence-corrected chi connectivity index (χ2v) is 9.76. The average molecular weight is 396 g/mol. The molecule has 3 aromatic carbocycles. The van der Waals surface area contributed by atoms with Crippen LogP contribution in [0.15, 0.2) is 60.7 Å². The van der Waals surface area contributed by atoms with Gasteiger partial charge in [0.05, 0.1) is 12.4 Å². The lowest BCUT2D eigenvalue weighted by Gasteiger charge is -2.25. The van der Waals surface area contributed by atoms with E-state index < -0.39 is 40.4 Å². The Bertz CT molecular complexity index is 921. The van der Waals surface area contributed by atoms with E-state index in [9.17, 15) is 17.6 Å². The highest BCUT2D eigenvalue weighted by atomic mass is 32.4. The highest BCUT2D eigenvalue weighted by Crippen LogP contribution is 2.46. The third-order valence-electron chi connectivity index (χ3n) is 3.96. The van der Waals surface area contributed by atoms with Crippen molar-refractivity contribution in [3.05, 3.63) is 83.9 Å². The van der Waals surface area contributed by atoms with Gasteiger partial charge in [-0.15, -0.1) is 0 Å². The van der Waals surface area contributed by atoms with Crippen molar-refractivity contribution in [2.24, 2.45) is 0 Å². The van der Waals surface area contributed by atoms with E-state index in [0.717, 1.165) is 7.11 Å². The summed E-state index contributed by atoms with van der Waals surface area (Å²) in [6.07, 6.45) is 0. The van der Waals surface area contributed by atoms with Crippen LogP contribution >= 0.6 is 6.04 Å². The quantitative estimate of drug-likeness (QED) is 0.375. The molecule has 0 unspecified atom stereocenters. The molecule has 134 valence electrons. The van der Waals surface area contributed by atoms with E-state index in [0.29, 0.717) is 10.6 Å². The topological polar surface area (TPSA) is 9.23 Å². The Kier molecular flexibility index (Phi) is 5.17. The Morgan fingerprint density at radius 2 is 1.08 bits per heavy atom. The fourth-order valence-corrected chi connectivity index (χ4v) is 6.70. The van der Waals surface area contributed by atoms with Crippen LogP contribution in [0.3, 0.4) is 0 Å². The van der Waals surface area contributed by atoms with Crippen molar-refractivity contribution in [2.45, 2.75) is 0 Å². The lowest BCUT2D eigenvalue weighted by atomic mass is 10.3. The second kappa shape index (κ2) is 7.22. The van der Waals surface area contributed by atoms with E-state index in [1.165, 1.54) is 0 Å². The van der Waals surface area contributed by atoms with Crippen LogP contribution in [0.25, 0.3) is 0 Å². The summed E-state index contributed by atoms with van der Waals surface area (Å²) >= 11 is 5.73. The Balaban J connectivity index is 2.45. The normalized spacial score (nSPS) is 11.4. The van der Waals surface area contributed by atoms with Crippen LogP contribution in [-0.2, 0) is 11.8 Å². The maximum absolute atomic E-state index is 14.9. The number of rotatable bonds is 4. The van der Waals surface area contributed by atoms with Gasteiger partial charge in [-0.3, -0.25) is 0 Å². The predicted octanol–water partition coefficient (Wildman–Crippen LogP) is 4.01. The first-order valence-corrected chi connectivity index (χ1v) is 10.3. The summed E-state index contributed by atoms with van der Waals surface area (Å²) in [7, 11) is 0.935. The van der Waals surface area contributed by atoms with Gasteiger partial charge in [0.15, 0.2) is 17.4 Å². The van der Waals surface area contributed by atoms with Crippen LogP contribution < -0.4 is 20.7 Å². The van der Waals surface area contributed by atoms with Gasteiger partial charge in [-0.25, -0.2) is 8.78 Å². The molecule has 0 fully saturated rings. The molecule has 0 aliphatic carbocycles. The molecule has 26 heavy (non-hydrogen) atoms. The minimum absolute atomic E-state index is 0.419. The van der Waals surface area contributed by atoms with Gasteiger partial charge in [-0.2, -0.15) is 8.78 Å². The van der Waals surface area contributed by atoms with Crippen LogP contribution in [0.2, 0.25) is 0 Å². The first-order chi connectivity index (χ1) is 12.4. The Labute approximate surface area is 153 Å². The van der Waals surface area contributed by atoms with Crippen molar-refractivity contribution in [2.75, 3.05) is 7.11 Å². The van der Waals surface area contributed by atoms with E-state index in [1.807, 2.05) is 0 Å². The summed E-state index contributed by atoms with van der Waals surface area (Å²) in [6, 6.07) is 13.1. The molecule has 0 amide bonds. The van der Waals surface area contributed by atoms with Gasteiger partial charge < -0.3 is 4.74 Å². The first kappa shape index (κ1) is 18.6. The van der Waals surface area contributed by atoms with Crippen LogP contribution in [0.5, 0.6) is 5.75 Å². The molecular weight excluding hydrogens is 383 g/mol. The summed E-state index contributed by atoms with van der Waals surface area (Å²) in [5, 5.41) is 0.0617. The van der Waals surface area contributed by atoms with Gasteiger partial charge in [0.2, 0.25) is 11.6 Å². The standard InChI is InChI=1S/C19H13F4OPS/c1-24-18-14(20)16(22)19(17(23)15(18)21)25(26,12-8-4-2-5-9-12)13-10-6-3-7-11-13/h2-11H,1H3. The van der Waals surface area contributed by atoms with E-state index in [-0.39, 0.29) is 0 Å². The molecule has 0 atom stereocenters. The number of hydrogen-bond donors (Lipinski definition) is 0. The molecule has 0 spiro atoms. The van der Waals surface area contributed by atoms with Crippen LogP contribution in [0.4, 0.5) is 17.6 Å². The molecule has 0 radical (unpaired) electrons. The van der Waals surface area contributed by atoms with Gasteiger partial charge in [-0.1, -0.05) is 72.5 Å². The number of halogens is 4. The Hall–Kier alpha value is -2.17. The van der Waals surface area contributed by atoms with Crippen molar-refractivity contribution < 1.29 is 22.3 Å². The van der Waals surface area contributed by atoms with Crippen molar-refractivity contribution in [3.8, 4) is 5.75 Å². The molecule has 0 saturated heterocycles. The number of ether oxygens (including phenoxy) is 1. The van der Waals surface area contributed by atoms with Crippen LogP contribution in [-0.4, -0.2) is 7.11 Å². The molecule has 3 aromatic rings. The van der Waals surface area contributed by atoms with Crippen molar-refractivity contribution in [3.63, 3.8) is 0 Å². The van der Waals surface area contributed by atoms with Gasteiger partial charge in [0, 0.05) is 6.04 Å². The summed E-state index contributed by atoms with van der Waals surface area (Å²) in [5.41, 5.74) is 0. The highest BCUT2D eigenvalue weighted by Gasteiger charge is 2.36. The largest absolute Gasteiger partial charge is 0.491 e. The zero-order chi connectivity index (χ0) is 18.9. The molecule has 0 bridgehead atoms. The molecule has 0 aliphatic rings. The molecule has 3 rings (SSSR count). The van der Waals surface area contributed by atoms with Crippen molar-refractivity contribution in [1.29, 1.82) is 0 Å². The van der Waals surface area contributed by atoms with Crippen LogP contribution in [0.1, 0.15) is 0 Å². The van der Waals surface area contributed by atoms with E-state index in [1.54, 1.807) is 60.7 Å². The van der Waals surface area contributed by atoms with E-state index >= 15 is 0 Å². The SMILES string of the molecule is COc1c(F)c(F)c(P(=S)(c2ccccc2)c2ccccc2)c(F)c1F. The van der Waals surface area contributed by atoms with Crippen molar-refractivity contribution >= 4 is 33.8 Å². The van der Waals surface area contributed by atoms with Crippen molar-refractivity contribution in [1.82, 2.24) is 0 Å². The summed E-state index contributed by atoms with van der Waals surface area (Å²) in [4.78, 5) is 0. The zero-order valence-electron chi connectivity index (χ0n) is 13.5. The minimum Gasteiger partial charge on any atom is -0.491 e.